The van der Waals surface area contributed by atoms with Crippen LogP contribution in [0, 0.1) is 0 Å². The first-order valence-corrected chi connectivity index (χ1v) is 4.72. The summed E-state index contributed by atoms with van der Waals surface area (Å²) < 4.78 is 0. The van der Waals surface area contributed by atoms with E-state index in [-0.39, 0.29) is 12.1 Å². The van der Waals surface area contributed by atoms with Crippen molar-refractivity contribution >= 4 is 0 Å². The fraction of sp³-hybridized carbons (Fsp3) is 1.00. The number of nitrogens with two attached hydrogens (primary N) is 1. The molecule has 0 aromatic carbocycles. The average Bonchev–Trinajstić information content (AvgIpc) is 2.50. The molecule has 0 amide bonds. The molecule has 0 spiro atoms. The van der Waals surface area contributed by atoms with Crippen LogP contribution in [0.3, 0.4) is 0 Å². The molecule has 0 bridgehead atoms. The number of aliphatic hydroxyl groups excluding tert-OH is 1. The zero-order chi connectivity index (χ0) is 10.1. The Kier molecular flexibility index (Phi) is 2.97. The summed E-state index contributed by atoms with van der Waals surface area (Å²) in [6.07, 6.45) is 0.632. The Balaban J connectivity index is 2.59. The molecule has 1 fully saturated rings. The lowest BCUT2D eigenvalue weighted by Gasteiger charge is -2.35. The summed E-state index contributed by atoms with van der Waals surface area (Å²) in [4.78, 5) is 2.13. The highest BCUT2D eigenvalue weighted by molar-refractivity contribution is 4.96. The van der Waals surface area contributed by atoms with Crippen molar-refractivity contribution in [2.45, 2.75) is 31.4 Å². The van der Waals surface area contributed by atoms with E-state index in [0.29, 0.717) is 19.5 Å². The highest BCUT2D eigenvalue weighted by Gasteiger charge is 2.40. The van der Waals surface area contributed by atoms with Gasteiger partial charge in [-0.1, -0.05) is 0 Å². The van der Waals surface area contributed by atoms with Gasteiger partial charge in [0.1, 0.15) is 5.60 Å². The maximum atomic E-state index is 9.80. The summed E-state index contributed by atoms with van der Waals surface area (Å²) in [6, 6.07) is 0. The lowest BCUT2D eigenvalue weighted by Crippen LogP contribution is -2.50. The summed E-state index contributed by atoms with van der Waals surface area (Å²) in [5.41, 5.74) is 4.64. The first-order valence-electron chi connectivity index (χ1n) is 4.72. The molecule has 1 aliphatic rings. The molecule has 0 aliphatic carbocycles. The van der Waals surface area contributed by atoms with Crippen molar-refractivity contribution in [2.24, 2.45) is 5.73 Å². The van der Waals surface area contributed by atoms with Gasteiger partial charge in [-0.05, 0) is 20.3 Å². The van der Waals surface area contributed by atoms with Gasteiger partial charge in [0, 0.05) is 25.2 Å². The van der Waals surface area contributed by atoms with Crippen LogP contribution >= 0.6 is 0 Å². The Morgan fingerprint density at radius 1 is 1.54 bits per heavy atom. The molecule has 1 unspecified atom stereocenters. The maximum absolute atomic E-state index is 9.80. The quantitative estimate of drug-likeness (QED) is 0.540. The van der Waals surface area contributed by atoms with Crippen LogP contribution in [0.4, 0.5) is 0 Å². The molecule has 1 atom stereocenters. The SMILES string of the molecule is CC(C)(CN)N1CCC(O)(CO)C1. The summed E-state index contributed by atoms with van der Waals surface area (Å²) >= 11 is 0. The molecule has 4 nitrogen and oxygen atoms in total. The standard InChI is InChI=1S/C9H20N2O2/c1-8(2,5-10)11-4-3-9(13,6-11)7-12/h12-13H,3-7,10H2,1-2H3. The van der Waals surface area contributed by atoms with Crippen molar-refractivity contribution in [3.63, 3.8) is 0 Å². The molecule has 4 heteroatoms. The topological polar surface area (TPSA) is 69.7 Å². The van der Waals surface area contributed by atoms with Gasteiger partial charge in [-0.15, -0.1) is 0 Å². The molecule has 1 rings (SSSR count). The summed E-state index contributed by atoms with van der Waals surface area (Å²) in [6.45, 7) is 5.83. The molecular formula is C9H20N2O2. The minimum atomic E-state index is -0.910. The van der Waals surface area contributed by atoms with Gasteiger partial charge in [-0.3, -0.25) is 4.90 Å². The Hall–Kier alpha value is -0.160. The number of rotatable bonds is 3. The third-order valence-corrected chi connectivity index (χ3v) is 2.98. The number of nitrogens with zero attached hydrogens (tertiary/aromatic N) is 1. The molecular weight excluding hydrogens is 168 g/mol. The molecule has 78 valence electrons. The third kappa shape index (κ3) is 2.20. The second kappa shape index (κ2) is 3.53. The lowest BCUT2D eigenvalue weighted by molar-refractivity contribution is -0.0133. The summed E-state index contributed by atoms with van der Waals surface area (Å²) in [7, 11) is 0. The first kappa shape index (κ1) is 10.9. The second-order valence-corrected chi connectivity index (χ2v) is 4.57. The van der Waals surface area contributed by atoms with Crippen LogP contribution in [-0.2, 0) is 0 Å². The van der Waals surface area contributed by atoms with Crippen molar-refractivity contribution in [1.29, 1.82) is 0 Å². The van der Waals surface area contributed by atoms with E-state index in [0.717, 1.165) is 6.54 Å². The largest absolute Gasteiger partial charge is 0.393 e. The first-order chi connectivity index (χ1) is 5.93. The van der Waals surface area contributed by atoms with E-state index in [1.54, 1.807) is 0 Å². The van der Waals surface area contributed by atoms with Crippen LogP contribution < -0.4 is 5.73 Å². The zero-order valence-corrected chi connectivity index (χ0v) is 8.45. The molecule has 0 saturated carbocycles. The molecule has 0 radical (unpaired) electrons. The van der Waals surface area contributed by atoms with Crippen molar-refractivity contribution in [3.05, 3.63) is 0 Å². The Morgan fingerprint density at radius 2 is 2.15 bits per heavy atom. The van der Waals surface area contributed by atoms with Crippen LogP contribution in [0.2, 0.25) is 0 Å². The molecule has 1 saturated heterocycles. The zero-order valence-electron chi connectivity index (χ0n) is 8.45. The highest BCUT2D eigenvalue weighted by atomic mass is 16.3. The lowest BCUT2D eigenvalue weighted by atomic mass is 10.0. The van der Waals surface area contributed by atoms with Gasteiger partial charge in [0.05, 0.1) is 6.61 Å². The predicted molar refractivity (Wildman–Crippen MR) is 51.4 cm³/mol. The highest BCUT2D eigenvalue weighted by Crippen LogP contribution is 2.26. The Morgan fingerprint density at radius 3 is 2.54 bits per heavy atom. The normalized spacial score (nSPS) is 31.2. The van der Waals surface area contributed by atoms with Gasteiger partial charge in [-0.25, -0.2) is 0 Å². The van der Waals surface area contributed by atoms with Crippen LogP contribution in [-0.4, -0.2) is 52.5 Å². The molecule has 0 aromatic rings. The van der Waals surface area contributed by atoms with Crippen molar-refractivity contribution < 1.29 is 10.2 Å². The van der Waals surface area contributed by atoms with Gasteiger partial charge in [-0.2, -0.15) is 0 Å². The van der Waals surface area contributed by atoms with Gasteiger partial charge >= 0.3 is 0 Å². The third-order valence-electron chi connectivity index (χ3n) is 2.98. The number of likely N-dealkylation sites (tertiary alicyclic amines) is 1. The van der Waals surface area contributed by atoms with E-state index in [4.69, 9.17) is 10.8 Å². The van der Waals surface area contributed by atoms with Gasteiger partial charge in [0.2, 0.25) is 0 Å². The fourth-order valence-electron chi connectivity index (χ4n) is 1.63. The van der Waals surface area contributed by atoms with E-state index in [2.05, 4.69) is 18.7 Å². The van der Waals surface area contributed by atoms with E-state index < -0.39 is 5.60 Å². The summed E-state index contributed by atoms with van der Waals surface area (Å²) in [5.74, 6) is 0. The minimum absolute atomic E-state index is 0.0837. The van der Waals surface area contributed by atoms with E-state index in [1.807, 2.05) is 0 Å². The van der Waals surface area contributed by atoms with E-state index in [1.165, 1.54) is 0 Å². The van der Waals surface area contributed by atoms with E-state index >= 15 is 0 Å². The maximum Gasteiger partial charge on any atom is 0.102 e. The number of hydrogen-bond donors (Lipinski definition) is 3. The van der Waals surface area contributed by atoms with Crippen molar-refractivity contribution in [3.8, 4) is 0 Å². The van der Waals surface area contributed by atoms with Gasteiger partial charge in [0.15, 0.2) is 0 Å². The molecule has 0 aromatic heterocycles. The molecule has 13 heavy (non-hydrogen) atoms. The Bertz CT molecular complexity index is 184. The minimum Gasteiger partial charge on any atom is -0.393 e. The number of β-amino-alcohol motifs (C(OH)–C–C–N with tert-alkyl or cyclic N) is 1. The number of aliphatic hydroxyl groups is 2. The number of hydrogen-bond acceptors (Lipinski definition) is 4. The van der Waals surface area contributed by atoms with E-state index in [9.17, 15) is 5.11 Å². The Labute approximate surface area is 79.3 Å². The second-order valence-electron chi connectivity index (χ2n) is 4.57. The monoisotopic (exact) mass is 188 g/mol. The van der Waals surface area contributed by atoms with Crippen LogP contribution in [0.1, 0.15) is 20.3 Å². The van der Waals surface area contributed by atoms with Gasteiger partial charge < -0.3 is 15.9 Å². The smallest absolute Gasteiger partial charge is 0.102 e. The molecule has 4 N–H and O–H groups in total. The van der Waals surface area contributed by atoms with Crippen molar-refractivity contribution in [1.82, 2.24) is 4.90 Å². The van der Waals surface area contributed by atoms with Crippen molar-refractivity contribution in [2.75, 3.05) is 26.2 Å². The van der Waals surface area contributed by atoms with Crippen LogP contribution in [0.15, 0.2) is 0 Å². The summed E-state index contributed by atoms with van der Waals surface area (Å²) in [5, 5.41) is 18.8. The molecule has 1 aliphatic heterocycles. The average molecular weight is 188 g/mol. The fourth-order valence-corrected chi connectivity index (χ4v) is 1.63. The molecule has 1 heterocycles. The van der Waals surface area contributed by atoms with Gasteiger partial charge in [0.25, 0.3) is 0 Å². The predicted octanol–water partition coefficient (Wildman–Crippen LogP) is -0.847. The van der Waals surface area contributed by atoms with Crippen LogP contribution in [0.5, 0.6) is 0 Å². The van der Waals surface area contributed by atoms with Crippen LogP contribution in [0.25, 0.3) is 0 Å².